The molecule has 1 heterocycles. The third-order valence-corrected chi connectivity index (χ3v) is 5.16. The van der Waals surface area contributed by atoms with E-state index < -0.39 is 5.54 Å². The molecule has 0 bridgehead atoms. The fourth-order valence-electron chi connectivity index (χ4n) is 3.86. The maximum absolute atomic E-state index is 12.5. The van der Waals surface area contributed by atoms with E-state index in [2.05, 4.69) is 11.8 Å². The highest BCUT2D eigenvalue weighted by atomic mass is 16.2. The number of rotatable bonds is 5. The number of carbonyl (C=O) groups is 1. The first kappa shape index (κ1) is 16.8. The lowest BCUT2D eigenvalue weighted by atomic mass is 9.89. The molecule has 1 saturated heterocycles. The Balaban J connectivity index is 1.76. The van der Waals surface area contributed by atoms with E-state index in [1.807, 2.05) is 11.8 Å². The zero-order chi connectivity index (χ0) is 15.3. The predicted molar refractivity (Wildman–Crippen MR) is 87.1 cm³/mol. The van der Waals surface area contributed by atoms with Gasteiger partial charge in [0.15, 0.2) is 0 Å². The minimum Gasteiger partial charge on any atom is -0.339 e. The van der Waals surface area contributed by atoms with Crippen LogP contribution in [0.15, 0.2) is 0 Å². The summed E-state index contributed by atoms with van der Waals surface area (Å²) < 4.78 is 0. The Labute approximate surface area is 130 Å². The fraction of sp³-hybridized carbons (Fsp3) is 0.941. The van der Waals surface area contributed by atoms with Crippen LogP contribution in [0.2, 0.25) is 0 Å². The molecule has 0 aromatic carbocycles. The van der Waals surface area contributed by atoms with E-state index in [4.69, 9.17) is 5.73 Å². The number of piperazine rings is 1. The summed E-state index contributed by atoms with van der Waals surface area (Å²) in [6.45, 7) is 8.93. The summed E-state index contributed by atoms with van der Waals surface area (Å²) in [6, 6.07) is 0. The van der Waals surface area contributed by atoms with Crippen LogP contribution in [-0.4, -0.2) is 54.0 Å². The maximum atomic E-state index is 12.5. The van der Waals surface area contributed by atoms with E-state index >= 15 is 0 Å². The largest absolute Gasteiger partial charge is 0.339 e. The molecule has 1 atom stereocenters. The second-order valence-electron chi connectivity index (χ2n) is 7.26. The summed E-state index contributed by atoms with van der Waals surface area (Å²) >= 11 is 0. The highest BCUT2D eigenvalue weighted by Crippen LogP contribution is 2.25. The first-order chi connectivity index (χ1) is 10.0. The van der Waals surface area contributed by atoms with Crippen LogP contribution in [0.25, 0.3) is 0 Å². The van der Waals surface area contributed by atoms with Gasteiger partial charge in [-0.2, -0.15) is 0 Å². The molecule has 2 aliphatic rings. The van der Waals surface area contributed by atoms with Crippen LogP contribution in [0.5, 0.6) is 0 Å². The summed E-state index contributed by atoms with van der Waals surface area (Å²) in [4.78, 5) is 17.0. The zero-order valence-electron chi connectivity index (χ0n) is 13.9. The monoisotopic (exact) mass is 295 g/mol. The van der Waals surface area contributed by atoms with Crippen molar-refractivity contribution in [1.82, 2.24) is 9.80 Å². The SMILES string of the molecule is CCCC(C)(N)C(=O)N1CCN(CC2CCCCC2)CC1. The summed E-state index contributed by atoms with van der Waals surface area (Å²) in [5, 5.41) is 0. The van der Waals surface area contributed by atoms with Crippen molar-refractivity contribution in [3.63, 3.8) is 0 Å². The van der Waals surface area contributed by atoms with E-state index in [1.165, 1.54) is 38.6 Å². The highest BCUT2D eigenvalue weighted by molar-refractivity contribution is 5.85. The molecule has 0 aromatic heterocycles. The highest BCUT2D eigenvalue weighted by Gasteiger charge is 2.33. The van der Waals surface area contributed by atoms with E-state index in [-0.39, 0.29) is 5.91 Å². The van der Waals surface area contributed by atoms with Crippen LogP contribution in [0.4, 0.5) is 0 Å². The zero-order valence-corrected chi connectivity index (χ0v) is 13.9. The molecule has 1 saturated carbocycles. The van der Waals surface area contributed by atoms with Gasteiger partial charge in [0.2, 0.25) is 5.91 Å². The molecule has 2 rings (SSSR count). The lowest BCUT2D eigenvalue weighted by Crippen LogP contribution is -2.58. The van der Waals surface area contributed by atoms with E-state index in [0.717, 1.165) is 44.9 Å². The van der Waals surface area contributed by atoms with Crippen LogP contribution in [0, 0.1) is 5.92 Å². The van der Waals surface area contributed by atoms with Crippen molar-refractivity contribution < 1.29 is 4.79 Å². The van der Waals surface area contributed by atoms with Gasteiger partial charge in [-0.05, 0) is 32.1 Å². The van der Waals surface area contributed by atoms with Gasteiger partial charge < -0.3 is 10.6 Å². The van der Waals surface area contributed by atoms with Gasteiger partial charge in [-0.15, -0.1) is 0 Å². The van der Waals surface area contributed by atoms with Gasteiger partial charge >= 0.3 is 0 Å². The molecule has 122 valence electrons. The number of nitrogens with two attached hydrogens (primary N) is 1. The van der Waals surface area contributed by atoms with Crippen LogP contribution in [0.1, 0.15) is 58.8 Å². The smallest absolute Gasteiger partial charge is 0.242 e. The molecule has 1 aliphatic heterocycles. The second-order valence-corrected chi connectivity index (χ2v) is 7.26. The van der Waals surface area contributed by atoms with Gasteiger partial charge in [0.05, 0.1) is 5.54 Å². The quantitative estimate of drug-likeness (QED) is 0.846. The molecule has 21 heavy (non-hydrogen) atoms. The Morgan fingerprint density at radius 1 is 1.14 bits per heavy atom. The molecular formula is C17H33N3O. The van der Waals surface area contributed by atoms with Crippen molar-refractivity contribution in [2.45, 2.75) is 64.3 Å². The van der Waals surface area contributed by atoms with Crippen LogP contribution >= 0.6 is 0 Å². The van der Waals surface area contributed by atoms with Gasteiger partial charge in [0.1, 0.15) is 0 Å². The van der Waals surface area contributed by atoms with Gasteiger partial charge in [-0.1, -0.05) is 32.6 Å². The van der Waals surface area contributed by atoms with Crippen molar-refractivity contribution in [2.24, 2.45) is 11.7 Å². The predicted octanol–water partition coefficient (Wildman–Crippen LogP) is 2.23. The molecule has 1 amide bonds. The van der Waals surface area contributed by atoms with Gasteiger partial charge in [-0.3, -0.25) is 9.69 Å². The molecule has 0 aromatic rings. The van der Waals surface area contributed by atoms with Crippen molar-refractivity contribution in [2.75, 3.05) is 32.7 Å². The van der Waals surface area contributed by atoms with Crippen molar-refractivity contribution in [1.29, 1.82) is 0 Å². The summed E-state index contributed by atoms with van der Waals surface area (Å²) in [7, 11) is 0. The average molecular weight is 295 g/mol. The molecule has 2 N–H and O–H groups in total. The number of hydrogen-bond donors (Lipinski definition) is 1. The molecule has 0 spiro atoms. The minimum atomic E-state index is -0.680. The lowest BCUT2D eigenvalue weighted by Gasteiger charge is -2.40. The molecule has 1 unspecified atom stereocenters. The normalized spacial score (nSPS) is 24.8. The summed E-state index contributed by atoms with van der Waals surface area (Å²) in [5.74, 6) is 1.03. The average Bonchev–Trinajstić information content (AvgIpc) is 2.48. The number of hydrogen-bond acceptors (Lipinski definition) is 3. The maximum Gasteiger partial charge on any atom is 0.242 e. The molecule has 1 aliphatic carbocycles. The number of amides is 1. The molecular weight excluding hydrogens is 262 g/mol. The number of carbonyl (C=O) groups excluding carboxylic acids is 1. The second kappa shape index (κ2) is 7.59. The molecule has 4 nitrogen and oxygen atoms in total. The molecule has 2 fully saturated rings. The standard InChI is InChI=1S/C17H33N3O/c1-3-9-17(2,18)16(21)20-12-10-19(11-13-20)14-15-7-5-4-6-8-15/h15H,3-14,18H2,1-2H3. The van der Waals surface area contributed by atoms with Gasteiger partial charge in [0, 0.05) is 32.7 Å². The van der Waals surface area contributed by atoms with Crippen molar-refractivity contribution >= 4 is 5.91 Å². The topological polar surface area (TPSA) is 49.6 Å². The van der Waals surface area contributed by atoms with E-state index in [0.29, 0.717) is 0 Å². The van der Waals surface area contributed by atoms with Crippen molar-refractivity contribution in [3.05, 3.63) is 0 Å². The third kappa shape index (κ3) is 4.68. The Bertz CT molecular complexity index is 329. The first-order valence-electron chi connectivity index (χ1n) is 8.83. The van der Waals surface area contributed by atoms with Gasteiger partial charge in [0.25, 0.3) is 0 Å². The molecule has 0 radical (unpaired) electrons. The van der Waals surface area contributed by atoms with Crippen LogP contribution in [-0.2, 0) is 4.79 Å². The first-order valence-corrected chi connectivity index (χ1v) is 8.83. The third-order valence-electron chi connectivity index (χ3n) is 5.16. The molecule has 4 heteroatoms. The van der Waals surface area contributed by atoms with Gasteiger partial charge in [-0.25, -0.2) is 0 Å². The summed E-state index contributed by atoms with van der Waals surface area (Å²) in [5.41, 5.74) is 5.50. The number of nitrogens with zero attached hydrogens (tertiary/aromatic N) is 2. The lowest BCUT2D eigenvalue weighted by molar-refractivity contribution is -0.138. The van der Waals surface area contributed by atoms with E-state index in [9.17, 15) is 4.79 Å². The minimum absolute atomic E-state index is 0.140. The van der Waals surface area contributed by atoms with Crippen LogP contribution in [0.3, 0.4) is 0 Å². The van der Waals surface area contributed by atoms with Crippen molar-refractivity contribution in [3.8, 4) is 0 Å². The Kier molecular flexibility index (Phi) is 6.06. The Morgan fingerprint density at radius 3 is 2.33 bits per heavy atom. The van der Waals surface area contributed by atoms with E-state index in [1.54, 1.807) is 0 Å². The summed E-state index contributed by atoms with van der Waals surface area (Å²) in [6.07, 6.45) is 8.77. The Morgan fingerprint density at radius 2 is 1.76 bits per heavy atom. The fourth-order valence-corrected chi connectivity index (χ4v) is 3.86. The van der Waals surface area contributed by atoms with Crippen LogP contribution < -0.4 is 5.73 Å². The Hall–Kier alpha value is -0.610.